The minimum atomic E-state index is -0.418. The lowest BCUT2D eigenvalue weighted by Gasteiger charge is -2.26. The number of carbonyl (C=O) groups excluding carboxylic acids is 2. The smallest absolute Gasteiger partial charge is 0.254 e. The number of carbonyl (C=O) groups is 2. The summed E-state index contributed by atoms with van der Waals surface area (Å²) in [6, 6.07) is 21.7. The predicted molar refractivity (Wildman–Crippen MR) is 131 cm³/mol. The highest BCUT2D eigenvalue weighted by Crippen LogP contribution is 2.51. The summed E-state index contributed by atoms with van der Waals surface area (Å²) in [4.78, 5) is 27.9. The molecule has 0 bridgehead atoms. The van der Waals surface area contributed by atoms with Gasteiger partial charge in [-0.25, -0.2) is 0 Å². The fourth-order valence-electron chi connectivity index (χ4n) is 5.02. The van der Waals surface area contributed by atoms with E-state index in [4.69, 9.17) is 14.2 Å². The van der Waals surface area contributed by atoms with Crippen LogP contribution < -0.4 is 9.47 Å². The van der Waals surface area contributed by atoms with Crippen LogP contribution in [0.15, 0.2) is 66.7 Å². The van der Waals surface area contributed by atoms with Crippen LogP contribution in [-0.2, 0) is 21.4 Å². The maximum atomic E-state index is 13.4. The van der Waals surface area contributed by atoms with Crippen LogP contribution in [0.3, 0.4) is 0 Å². The molecule has 6 heteroatoms. The van der Waals surface area contributed by atoms with Gasteiger partial charge < -0.3 is 19.1 Å². The number of hydrogen-bond acceptors (Lipinski definition) is 5. The third-order valence-corrected chi connectivity index (χ3v) is 7.26. The van der Waals surface area contributed by atoms with Crippen molar-refractivity contribution in [2.24, 2.45) is 0 Å². The molecule has 0 unspecified atom stereocenters. The molecular formula is C29H27NO5. The summed E-state index contributed by atoms with van der Waals surface area (Å²) in [5, 5.41) is 0. The van der Waals surface area contributed by atoms with Crippen LogP contribution in [0.25, 0.3) is 11.1 Å². The van der Waals surface area contributed by atoms with Crippen molar-refractivity contribution in [2.75, 3.05) is 33.1 Å². The molecule has 3 aromatic rings. The molecule has 1 saturated heterocycles. The highest BCUT2D eigenvalue weighted by atomic mass is 16.7. The van der Waals surface area contributed by atoms with Gasteiger partial charge in [0.15, 0.2) is 11.5 Å². The Hall–Kier alpha value is -3.64. The summed E-state index contributed by atoms with van der Waals surface area (Å²) in [5.74, 6) is 1.74. The van der Waals surface area contributed by atoms with Crippen molar-refractivity contribution in [1.82, 2.24) is 4.90 Å². The number of benzene rings is 3. The molecular weight excluding hydrogens is 442 g/mol. The van der Waals surface area contributed by atoms with Gasteiger partial charge in [-0.2, -0.15) is 0 Å². The molecule has 1 amide bonds. The predicted octanol–water partition coefficient (Wildman–Crippen LogP) is 4.40. The van der Waals surface area contributed by atoms with E-state index in [2.05, 4.69) is 6.07 Å². The van der Waals surface area contributed by atoms with Gasteiger partial charge in [-0.3, -0.25) is 9.59 Å². The van der Waals surface area contributed by atoms with Crippen molar-refractivity contribution in [3.63, 3.8) is 0 Å². The minimum Gasteiger partial charge on any atom is -0.454 e. The second-order valence-electron chi connectivity index (χ2n) is 9.43. The number of nitrogens with zero attached hydrogens (tertiary/aromatic N) is 1. The van der Waals surface area contributed by atoms with E-state index in [1.165, 1.54) is 0 Å². The Morgan fingerprint density at radius 2 is 1.60 bits per heavy atom. The molecule has 0 N–H and O–H groups in total. The first-order valence-electron chi connectivity index (χ1n) is 12.1. The molecule has 1 aliphatic carbocycles. The molecule has 178 valence electrons. The fourth-order valence-corrected chi connectivity index (χ4v) is 5.02. The minimum absolute atomic E-state index is 0.0393. The lowest BCUT2D eigenvalue weighted by atomic mass is 9.87. The Bertz CT molecular complexity index is 1270. The molecule has 2 fully saturated rings. The summed E-state index contributed by atoms with van der Waals surface area (Å²) >= 11 is 0. The number of Topliss-reactive ketones (excluding diaryl/α,β-unsaturated/α-hetero) is 1. The maximum absolute atomic E-state index is 13.4. The molecule has 0 atom stereocenters. The van der Waals surface area contributed by atoms with E-state index in [0.29, 0.717) is 38.3 Å². The van der Waals surface area contributed by atoms with Crippen molar-refractivity contribution >= 4 is 11.7 Å². The molecule has 35 heavy (non-hydrogen) atoms. The highest BCUT2D eigenvalue weighted by Gasteiger charge is 2.50. The number of morpholine rings is 1. The van der Waals surface area contributed by atoms with Gasteiger partial charge in [0, 0.05) is 25.1 Å². The van der Waals surface area contributed by atoms with Gasteiger partial charge in [-0.1, -0.05) is 42.5 Å². The van der Waals surface area contributed by atoms with E-state index in [9.17, 15) is 9.59 Å². The third kappa shape index (κ3) is 4.19. The summed E-state index contributed by atoms with van der Waals surface area (Å²) in [7, 11) is 0. The van der Waals surface area contributed by atoms with Crippen LogP contribution in [0, 0.1) is 0 Å². The standard InChI is InChI=1S/C29H27NO5/c31-27(29(10-11-29)24-8-9-25-26(18-24)35-19-34-25)17-20-2-1-3-23(16-20)21-4-6-22(7-5-21)28(32)30-12-14-33-15-13-30/h1-9,16,18H,10-15,17,19H2. The summed E-state index contributed by atoms with van der Waals surface area (Å²) < 4.78 is 16.3. The lowest BCUT2D eigenvalue weighted by molar-refractivity contribution is -0.120. The molecule has 3 aliphatic rings. The number of amides is 1. The van der Waals surface area contributed by atoms with Gasteiger partial charge in [0.2, 0.25) is 6.79 Å². The summed E-state index contributed by atoms with van der Waals surface area (Å²) in [6.07, 6.45) is 2.11. The Balaban J connectivity index is 1.17. The van der Waals surface area contributed by atoms with Gasteiger partial charge in [0.1, 0.15) is 5.78 Å². The zero-order chi connectivity index (χ0) is 23.8. The van der Waals surface area contributed by atoms with Gasteiger partial charge >= 0.3 is 0 Å². The first kappa shape index (κ1) is 21.9. The molecule has 0 radical (unpaired) electrons. The SMILES string of the molecule is O=C(c1ccc(-c2cccc(CC(=O)C3(c4ccc5c(c4)OCO5)CC3)c2)cc1)N1CCOCC1. The summed E-state index contributed by atoms with van der Waals surface area (Å²) in [5.41, 5.74) is 4.33. The quantitative estimate of drug-likeness (QED) is 0.536. The van der Waals surface area contributed by atoms with Crippen molar-refractivity contribution in [2.45, 2.75) is 24.7 Å². The largest absolute Gasteiger partial charge is 0.454 e. The normalized spacial score (nSPS) is 17.8. The number of rotatable bonds is 6. The Labute approximate surface area is 204 Å². The monoisotopic (exact) mass is 469 g/mol. The first-order chi connectivity index (χ1) is 17.1. The van der Waals surface area contributed by atoms with Crippen molar-refractivity contribution in [3.8, 4) is 22.6 Å². The second kappa shape index (κ2) is 8.86. The van der Waals surface area contributed by atoms with Crippen LogP contribution in [0.5, 0.6) is 11.5 Å². The molecule has 0 spiro atoms. The van der Waals surface area contributed by atoms with Crippen molar-refractivity contribution in [1.29, 1.82) is 0 Å². The molecule has 3 aromatic carbocycles. The number of ether oxygens (including phenoxy) is 3. The van der Waals surface area contributed by atoms with Gasteiger partial charge in [-0.15, -0.1) is 0 Å². The lowest BCUT2D eigenvalue weighted by Crippen LogP contribution is -2.40. The van der Waals surface area contributed by atoms with Gasteiger partial charge in [0.25, 0.3) is 5.91 Å². The summed E-state index contributed by atoms with van der Waals surface area (Å²) in [6.45, 7) is 2.67. The fraction of sp³-hybridized carbons (Fsp3) is 0.310. The van der Waals surface area contributed by atoms with Crippen LogP contribution in [0.4, 0.5) is 0 Å². The van der Waals surface area contributed by atoms with E-state index >= 15 is 0 Å². The first-order valence-corrected chi connectivity index (χ1v) is 12.1. The van der Waals surface area contributed by atoms with Gasteiger partial charge in [-0.05, 0) is 59.4 Å². The van der Waals surface area contributed by atoms with Crippen LogP contribution >= 0.6 is 0 Å². The number of fused-ring (bicyclic) bond motifs is 1. The van der Waals surface area contributed by atoms with Gasteiger partial charge in [0.05, 0.1) is 18.6 Å². The van der Waals surface area contributed by atoms with Crippen molar-refractivity contribution < 1.29 is 23.8 Å². The van der Waals surface area contributed by atoms with E-state index in [-0.39, 0.29) is 18.5 Å². The molecule has 2 aliphatic heterocycles. The van der Waals surface area contributed by atoms with E-state index in [1.807, 2.05) is 65.6 Å². The van der Waals surface area contributed by atoms with Crippen LogP contribution in [-0.4, -0.2) is 49.7 Å². The third-order valence-electron chi connectivity index (χ3n) is 7.26. The van der Waals surface area contributed by atoms with E-state index < -0.39 is 5.41 Å². The molecule has 2 heterocycles. The molecule has 6 rings (SSSR count). The molecule has 6 nitrogen and oxygen atoms in total. The molecule has 0 aromatic heterocycles. The number of hydrogen-bond donors (Lipinski definition) is 0. The Morgan fingerprint density at radius 3 is 2.37 bits per heavy atom. The van der Waals surface area contributed by atoms with Crippen molar-refractivity contribution in [3.05, 3.63) is 83.4 Å². The highest BCUT2D eigenvalue weighted by molar-refractivity contribution is 5.95. The average molecular weight is 470 g/mol. The van der Waals surface area contributed by atoms with E-state index in [1.54, 1.807) is 0 Å². The maximum Gasteiger partial charge on any atom is 0.254 e. The second-order valence-corrected chi connectivity index (χ2v) is 9.43. The number of ketones is 1. The Morgan fingerprint density at radius 1 is 0.829 bits per heavy atom. The average Bonchev–Trinajstić information content (AvgIpc) is 3.60. The van der Waals surface area contributed by atoms with Crippen LogP contribution in [0.2, 0.25) is 0 Å². The molecule has 1 saturated carbocycles. The van der Waals surface area contributed by atoms with E-state index in [0.717, 1.165) is 46.6 Å². The zero-order valence-corrected chi connectivity index (χ0v) is 19.5. The van der Waals surface area contributed by atoms with Crippen LogP contribution in [0.1, 0.15) is 34.3 Å². The Kier molecular flexibility index (Phi) is 5.53. The topological polar surface area (TPSA) is 65.1 Å². The zero-order valence-electron chi connectivity index (χ0n) is 19.5.